The normalized spacial score (nSPS) is 10.6. The van der Waals surface area contributed by atoms with Crippen LogP contribution in [0.2, 0.25) is 0 Å². The van der Waals surface area contributed by atoms with E-state index in [0.717, 1.165) is 12.1 Å². The molecular weight excluding hydrogens is 272 g/mol. The first kappa shape index (κ1) is 16.9. The highest BCUT2D eigenvalue weighted by Gasteiger charge is 2.05. The Morgan fingerprint density at radius 2 is 1.85 bits per heavy atom. The molecule has 5 heteroatoms. The van der Waals surface area contributed by atoms with Gasteiger partial charge in [-0.15, -0.1) is 0 Å². The number of ether oxygens (including phenoxy) is 2. The fourth-order valence-corrected chi connectivity index (χ4v) is 1.95. The lowest BCUT2D eigenvalue weighted by atomic mass is 10.1. The molecule has 2 N–H and O–H groups in total. The smallest absolute Gasteiger partial charge is 0.174 e. The molecule has 4 nitrogen and oxygen atoms in total. The third-order valence-electron chi connectivity index (χ3n) is 2.99. The van der Waals surface area contributed by atoms with Gasteiger partial charge in [-0.3, -0.25) is 0 Å². The van der Waals surface area contributed by atoms with E-state index < -0.39 is 0 Å². The Labute approximate surface area is 126 Å². The van der Waals surface area contributed by atoms with E-state index in [1.54, 1.807) is 14.2 Å². The molecular formula is C15H24N2O2S. The summed E-state index contributed by atoms with van der Waals surface area (Å²) >= 11 is 5.22. The van der Waals surface area contributed by atoms with Crippen molar-refractivity contribution < 1.29 is 9.47 Å². The van der Waals surface area contributed by atoms with Crippen LogP contribution in [0.3, 0.4) is 0 Å². The Balaban J connectivity index is 2.38. The van der Waals surface area contributed by atoms with Crippen molar-refractivity contribution in [1.82, 2.24) is 5.32 Å². The quantitative estimate of drug-likeness (QED) is 0.570. The van der Waals surface area contributed by atoms with Crippen LogP contribution >= 0.6 is 12.2 Å². The molecule has 0 bridgehead atoms. The molecule has 0 heterocycles. The van der Waals surface area contributed by atoms with Crippen molar-refractivity contribution in [3.63, 3.8) is 0 Å². The van der Waals surface area contributed by atoms with Crippen molar-refractivity contribution in [2.24, 2.45) is 0 Å². The molecule has 1 aromatic carbocycles. The van der Waals surface area contributed by atoms with E-state index in [0.29, 0.717) is 11.7 Å². The molecule has 0 fully saturated rings. The molecule has 0 amide bonds. The van der Waals surface area contributed by atoms with Gasteiger partial charge in [-0.05, 0) is 42.8 Å². The first-order valence-corrected chi connectivity index (χ1v) is 7.29. The van der Waals surface area contributed by atoms with Crippen LogP contribution in [-0.2, 0) is 15.9 Å². The number of hydrogen-bond donors (Lipinski definition) is 2. The van der Waals surface area contributed by atoms with Crippen molar-refractivity contribution in [2.75, 3.05) is 26.1 Å². The van der Waals surface area contributed by atoms with Gasteiger partial charge in [0.15, 0.2) is 11.4 Å². The highest BCUT2D eigenvalue weighted by atomic mass is 32.1. The van der Waals surface area contributed by atoms with Crippen LogP contribution in [0.1, 0.15) is 25.3 Å². The molecule has 0 aliphatic heterocycles. The topological polar surface area (TPSA) is 42.5 Å². The van der Waals surface area contributed by atoms with Gasteiger partial charge in [0.2, 0.25) is 0 Å². The number of benzene rings is 1. The summed E-state index contributed by atoms with van der Waals surface area (Å²) in [6.07, 6.45) is 3.27. The Kier molecular flexibility index (Phi) is 8.18. The van der Waals surface area contributed by atoms with E-state index in [2.05, 4.69) is 29.7 Å². The molecule has 1 rings (SSSR count). The van der Waals surface area contributed by atoms with Crippen molar-refractivity contribution in [3.8, 4) is 0 Å². The summed E-state index contributed by atoms with van der Waals surface area (Å²) in [5.74, 6) is 0. The van der Waals surface area contributed by atoms with Gasteiger partial charge in [-0.1, -0.05) is 25.5 Å². The molecule has 0 spiro atoms. The SMILES string of the molecule is CCCCc1ccc(NC(=S)NCC(OC)OC)cc1. The molecule has 0 unspecified atom stereocenters. The van der Waals surface area contributed by atoms with E-state index in [9.17, 15) is 0 Å². The van der Waals surface area contributed by atoms with Crippen LogP contribution < -0.4 is 10.6 Å². The molecule has 112 valence electrons. The Hall–Kier alpha value is -1.17. The molecule has 0 aliphatic carbocycles. The van der Waals surface area contributed by atoms with Gasteiger partial charge in [-0.25, -0.2) is 0 Å². The van der Waals surface area contributed by atoms with Gasteiger partial charge in [0.1, 0.15) is 0 Å². The minimum atomic E-state index is -0.300. The van der Waals surface area contributed by atoms with E-state index in [1.165, 1.54) is 18.4 Å². The van der Waals surface area contributed by atoms with E-state index in [4.69, 9.17) is 21.7 Å². The molecule has 0 aliphatic rings. The van der Waals surface area contributed by atoms with Crippen molar-refractivity contribution in [3.05, 3.63) is 29.8 Å². The first-order valence-electron chi connectivity index (χ1n) is 6.89. The van der Waals surface area contributed by atoms with Crippen LogP contribution in [0.15, 0.2) is 24.3 Å². The third-order valence-corrected chi connectivity index (χ3v) is 3.23. The minimum absolute atomic E-state index is 0.300. The van der Waals surface area contributed by atoms with E-state index in [1.807, 2.05) is 12.1 Å². The zero-order valence-corrected chi connectivity index (χ0v) is 13.3. The van der Waals surface area contributed by atoms with E-state index in [-0.39, 0.29) is 6.29 Å². The van der Waals surface area contributed by atoms with Gasteiger partial charge in [-0.2, -0.15) is 0 Å². The van der Waals surface area contributed by atoms with Gasteiger partial charge in [0.25, 0.3) is 0 Å². The summed E-state index contributed by atoms with van der Waals surface area (Å²) in [6, 6.07) is 8.35. The predicted molar refractivity (Wildman–Crippen MR) is 87.1 cm³/mol. The lowest BCUT2D eigenvalue weighted by molar-refractivity contribution is -0.0964. The van der Waals surface area contributed by atoms with Gasteiger partial charge >= 0.3 is 0 Å². The van der Waals surface area contributed by atoms with Gasteiger partial charge in [0.05, 0.1) is 6.54 Å². The van der Waals surface area contributed by atoms with Crippen LogP contribution in [0.4, 0.5) is 5.69 Å². The largest absolute Gasteiger partial charge is 0.357 e. The maximum absolute atomic E-state index is 5.22. The maximum atomic E-state index is 5.22. The summed E-state index contributed by atoms with van der Waals surface area (Å²) in [6.45, 7) is 2.71. The number of unbranched alkanes of at least 4 members (excludes halogenated alkanes) is 1. The van der Waals surface area contributed by atoms with Gasteiger partial charge in [0, 0.05) is 19.9 Å². The van der Waals surface area contributed by atoms with Crippen LogP contribution in [0.5, 0.6) is 0 Å². The Morgan fingerprint density at radius 3 is 2.40 bits per heavy atom. The first-order chi connectivity index (χ1) is 9.69. The minimum Gasteiger partial charge on any atom is -0.357 e. The summed E-state index contributed by atoms with van der Waals surface area (Å²) in [5.41, 5.74) is 2.34. The predicted octanol–water partition coefficient (Wildman–Crippen LogP) is 2.93. The molecule has 0 aromatic heterocycles. The lowest BCUT2D eigenvalue weighted by Gasteiger charge is -2.16. The number of hydrogen-bond acceptors (Lipinski definition) is 3. The highest BCUT2D eigenvalue weighted by Crippen LogP contribution is 2.11. The number of anilines is 1. The number of aryl methyl sites for hydroxylation is 1. The van der Waals surface area contributed by atoms with E-state index >= 15 is 0 Å². The Bertz CT molecular complexity index is 391. The number of rotatable bonds is 8. The molecule has 0 atom stereocenters. The molecule has 0 saturated heterocycles. The second-order valence-electron chi connectivity index (χ2n) is 4.54. The number of thiocarbonyl (C=S) groups is 1. The monoisotopic (exact) mass is 296 g/mol. The number of methoxy groups -OCH3 is 2. The third kappa shape index (κ3) is 6.32. The van der Waals surface area contributed by atoms with Crippen LogP contribution in [0.25, 0.3) is 0 Å². The molecule has 1 aromatic rings. The van der Waals surface area contributed by atoms with Crippen molar-refractivity contribution in [2.45, 2.75) is 32.5 Å². The zero-order chi connectivity index (χ0) is 14.8. The lowest BCUT2D eigenvalue weighted by Crippen LogP contribution is -2.36. The standard InChI is InChI=1S/C15H24N2O2S/c1-4-5-6-12-7-9-13(10-8-12)17-15(20)16-11-14(18-2)19-3/h7-10,14H,4-6,11H2,1-3H3,(H2,16,17,20). The molecule has 0 saturated carbocycles. The Morgan fingerprint density at radius 1 is 1.20 bits per heavy atom. The average molecular weight is 296 g/mol. The summed E-state index contributed by atoms with van der Waals surface area (Å²) in [4.78, 5) is 0. The second kappa shape index (κ2) is 9.69. The van der Waals surface area contributed by atoms with Crippen LogP contribution in [0, 0.1) is 0 Å². The number of nitrogens with one attached hydrogen (secondary N) is 2. The maximum Gasteiger partial charge on any atom is 0.174 e. The average Bonchev–Trinajstić information content (AvgIpc) is 2.47. The van der Waals surface area contributed by atoms with Gasteiger partial charge < -0.3 is 20.1 Å². The van der Waals surface area contributed by atoms with Crippen molar-refractivity contribution in [1.29, 1.82) is 0 Å². The fraction of sp³-hybridized carbons (Fsp3) is 0.533. The second-order valence-corrected chi connectivity index (χ2v) is 4.94. The van der Waals surface area contributed by atoms with Crippen LogP contribution in [-0.4, -0.2) is 32.2 Å². The molecule has 20 heavy (non-hydrogen) atoms. The fourth-order valence-electron chi connectivity index (χ4n) is 1.75. The molecule has 0 radical (unpaired) electrons. The summed E-state index contributed by atoms with van der Waals surface area (Å²) in [5, 5.41) is 6.75. The summed E-state index contributed by atoms with van der Waals surface area (Å²) < 4.78 is 10.2. The highest BCUT2D eigenvalue weighted by molar-refractivity contribution is 7.80. The van der Waals surface area contributed by atoms with Crippen molar-refractivity contribution >= 4 is 23.0 Å². The summed E-state index contributed by atoms with van der Waals surface area (Å²) in [7, 11) is 3.20. The zero-order valence-electron chi connectivity index (χ0n) is 12.4.